The fraction of sp³-hybridized carbons (Fsp3) is 0.432. The van der Waals surface area contributed by atoms with Crippen LogP contribution in [0.25, 0.3) is 6.08 Å². The van der Waals surface area contributed by atoms with Gasteiger partial charge in [-0.3, -0.25) is 28.8 Å². The zero-order valence-corrected chi connectivity index (χ0v) is 28.0. The molecule has 2 heterocycles. The molecule has 1 aliphatic heterocycles. The molecule has 0 unspecified atom stereocenters. The lowest BCUT2D eigenvalue weighted by atomic mass is 9.83. The maximum Gasteiger partial charge on any atom is 0.270 e. The maximum absolute atomic E-state index is 13.6. The van der Waals surface area contributed by atoms with Crippen LogP contribution in [0.5, 0.6) is 0 Å². The van der Waals surface area contributed by atoms with Crippen molar-refractivity contribution in [3.8, 4) is 0 Å². The average Bonchev–Trinajstić information content (AvgIpc) is 3.56. The third-order valence-corrected chi connectivity index (χ3v) is 9.24. The highest BCUT2D eigenvalue weighted by Gasteiger charge is 2.32. The van der Waals surface area contributed by atoms with Crippen molar-refractivity contribution < 1.29 is 19.2 Å². The van der Waals surface area contributed by atoms with Gasteiger partial charge in [0.1, 0.15) is 17.4 Å². The first-order valence-electron chi connectivity index (χ1n) is 17.0. The van der Waals surface area contributed by atoms with Crippen LogP contribution in [-0.2, 0) is 34.5 Å². The van der Waals surface area contributed by atoms with Gasteiger partial charge in [-0.25, -0.2) is 0 Å². The zero-order valence-electron chi connectivity index (χ0n) is 28.0. The molecule has 48 heavy (non-hydrogen) atoms. The predicted molar refractivity (Wildman–Crippen MR) is 184 cm³/mol. The summed E-state index contributed by atoms with van der Waals surface area (Å²) < 4.78 is 1.50. The number of amides is 4. The van der Waals surface area contributed by atoms with Gasteiger partial charge in [-0.15, -0.1) is 0 Å². The summed E-state index contributed by atoms with van der Waals surface area (Å²) in [4.78, 5) is 56.5. The van der Waals surface area contributed by atoms with Gasteiger partial charge in [0.25, 0.3) is 11.8 Å². The first-order valence-corrected chi connectivity index (χ1v) is 17.0. The molecule has 11 nitrogen and oxygen atoms in total. The number of benzene rings is 2. The van der Waals surface area contributed by atoms with Crippen LogP contribution < -0.4 is 16.0 Å². The van der Waals surface area contributed by atoms with Crippen molar-refractivity contribution in [2.45, 2.75) is 64.6 Å². The lowest BCUT2D eigenvalue weighted by molar-refractivity contribution is -0.131. The minimum absolute atomic E-state index is 0.0737. The van der Waals surface area contributed by atoms with E-state index in [9.17, 15) is 19.2 Å². The molecule has 3 N–H and O–H groups in total. The second-order valence-electron chi connectivity index (χ2n) is 12.7. The normalized spacial score (nSPS) is 16.6. The molecular formula is C37H47N7O4. The van der Waals surface area contributed by atoms with E-state index in [4.69, 9.17) is 0 Å². The van der Waals surface area contributed by atoms with Gasteiger partial charge in [0.2, 0.25) is 11.8 Å². The minimum atomic E-state index is -0.633. The van der Waals surface area contributed by atoms with Crippen LogP contribution in [0.15, 0.2) is 72.6 Å². The molecule has 1 atom stereocenters. The molecule has 2 fully saturated rings. The molecule has 254 valence electrons. The Kier molecular flexibility index (Phi) is 12.1. The highest BCUT2D eigenvalue weighted by molar-refractivity contribution is 6.01. The largest absolute Gasteiger partial charge is 0.350 e. The van der Waals surface area contributed by atoms with Crippen molar-refractivity contribution in [3.63, 3.8) is 0 Å². The molecule has 0 spiro atoms. The quantitative estimate of drug-likeness (QED) is 0.256. The van der Waals surface area contributed by atoms with E-state index in [1.807, 2.05) is 42.5 Å². The van der Waals surface area contributed by atoms with E-state index in [-0.39, 0.29) is 41.7 Å². The third-order valence-electron chi connectivity index (χ3n) is 9.24. The van der Waals surface area contributed by atoms with E-state index < -0.39 is 6.04 Å². The van der Waals surface area contributed by atoms with Crippen LogP contribution in [-0.4, -0.2) is 75.4 Å². The summed E-state index contributed by atoms with van der Waals surface area (Å²) in [6.45, 7) is 5.55. The molecule has 1 saturated carbocycles. The molecule has 5 rings (SSSR count). The average molecular weight is 654 g/mol. The number of hydrogen-bond acceptors (Lipinski definition) is 6. The van der Waals surface area contributed by atoms with Gasteiger partial charge in [-0.05, 0) is 47.6 Å². The van der Waals surface area contributed by atoms with E-state index in [2.05, 4.69) is 38.1 Å². The highest BCUT2D eigenvalue weighted by atomic mass is 16.2. The number of rotatable bonds is 12. The standard InChI is InChI=1S/C37H47N7O4/c1-3-33(45)40-31(37(48)44-22-20-43(21-23-44)26-29-10-6-4-7-11-29)24-27-14-16-28(17-15-27)25-38-36(47)34(30-12-8-5-9-13-30)41-35(46)32-18-19-39-42(32)2/h4,6-7,10-11,14-19,24,30,34H,3,5,8-9,12-13,20-23,25-26H2,1-2H3,(H,38,47)(H,40,45)(H,41,46)/b31-24+/t34-/m0/s1. The van der Waals surface area contributed by atoms with Crippen molar-refractivity contribution in [1.29, 1.82) is 0 Å². The van der Waals surface area contributed by atoms with Gasteiger partial charge in [0.05, 0.1) is 0 Å². The Hall–Kier alpha value is -4.77. The monoisotopic (exact) mass is 653 g/mol. The fourth-order valence-electron chi connectivity index (χ4n) is 6.39. The predicted octanol–water partition coefficient (Wildman–Crippen LogP) is 3.63. The van der Waals surface area contributed by atoms with Crippen LogP contribution in [0.3, 0.4) is 0 Å². The molecule has 4 amide bonds. The number of carbonyl (C=O) groups is 4. The van der Waals surface area contributed by atoms with Crippen LogP contribution in [0.1, 0.15) is 72.6 Å². The Morgan fingerprint density at radius 1 is 0.896 bits per heavy atom. The third kappa shape index (κ3) is 9.41. The van der Waals surface area contributed by atoms with Gasteiger partial charge in [0, 0.05) is 58.9 Å². The topological polar surface area (TPSA) is 129 Å². The Labute approximate surface area is 282 Å². The SMILES string of the molecule is CCC(=O)N/C(=C/c1ccc(CNC(=O)[C@@H](NC(=O)c2ccnn2C)C2CCCCC2)cc1)C(=O)N1CCN(Cc2ccccc2)CC1. The molecule has 1 saturated heterocycles. The lowest BCUT2D eigenvalue weighted by Crippen LogP contribution is -2.51. The minimum Gasteiger partial charge on any atom is -0.350 e. The van der Waals surface area contributed by atoms with Gasteiger partial charge in [-0.2, -0.15) is 5.10 Å². The summed E-state index contributed by atoms with van der Waals surface area (Å²) >= 11 is 0. The summed E-state index contributed by atoms with van der Waals surface area (Å²) in [5, 5.41) is 12.9. The summed E-state index contributed by atoms with van der Waals surface area (Å²) in [5.41, 5.74) is 3.54. The lowest BCUT2D eigenvalue weighted by Gasteiger charge is -2.35. The van der Waals surface area contributed by atoms with Gasteiger partial charge >= 0.3 is 0 Å². The molecule has 0 bridgehead atoms. The zero-order chi connectivity index (χ0) is 33.9. The second-order valence-corrected chi connectivity index (χ2v) is 12.7. The van der Waals surface area contributed by atoms with E-state index in [0.29, 0.717) is 25.3 Å². The van der Waals surface area contributed by atoms with Crippen molar-refractivity contribution in [2.24, 2.45) is 13.0 Å². The Morgan fingerprint density at radius 3 is 2.25 bits per heavy atom. The molecule has 2 aliphatic rings. The molecular weight excluding hydrogens is 606 g/mol. The van der Waals surface area contributed by atoms with Crippen molar-refractivity contribution >= 4 is 29.7 Å². The van der Waals surface area contributed by atoms with Crippen molar-refractivity contribution in [1.82, 2.24) is 35.5 Å². The first kappa shape index (κ1) is 34.6. The summed E-state index contributed by atoms with van der Waals surface area (Å²) in [6.07, 6.45) is 8.54. The second kappa shape index (κ2) is 16.9. The number of aromatic nitrogens is 2. The van der Waals surface area contributed by atoms with Crippen molar-refractivity contribution in [3.05, 3.63) is 94.9 Å². The Bertz CT molecular complexity index is 1570. The van der Waals surface area contributed by atoms with Gasteiger partial charge < -0.3 is 20.9 Å². The van der Waals surface area contributed by atoms with Crippen molar-refractivity contribution in [2.75, 3.05) is 26.2 Å². The van der Waals surface area contributed by atoms with Crippen LogP contribution >= 0.6 is 0 Å². The fourth-order valence-corrected chi connectivity index (χ4v) is 6.39. The number of nitrogens with one attached hydrogen (secondary N) is 3. The number of aryl methyl sites for hydroxylation is 1. The number of piperazine rings is 1. The van der Waals surface area contributed by atoms with Crippen LogP contribution in [0.4, 0.5) is 0 Å². The summed E-state index contributed by atoms with van der Waals surface area (Å²) in [5.74, 6) is -0.870. The van der Waals surface area contributed by atoms with E-state index in [0.717, 1.165) is 62.9 Å². The maximum atomic E-state index is 13.6. The smallest absolute Gasteiger partial charge is 0.270 e. The Morgan fingerprint density at radius 2 is 1.60 bits per heavy atom. The number of nitrogens with zero attached hydrogens (tertiary/aromatic N) is 4. The van der Waals surface area contributed by atoms with E-state index >= 15 is 0 Å². The van der Waals surface area contributed by atoms with E-state index in [1.165, 1.54) is 10.2 Å². The number of carbonyl (C=O) groups excluding carboxylic acids is 4. The molecule has 1 aliphatic carbocycles. The molecule has 0 radical (unpaired) electrons. The Balaban J connectivity index is 1.20. The molecule has 3 aromatic rings. The molecule has 1 aromatic heterocycles. The van der Waals surface area contributed by atoms with Gasteiger partial charge in [-0.1, -0.05) is 80.8 Å². The number of hydrogen-bond donors (Lipinski definition) is 3. The van der Waals surface area contributed by atoms with E-state index in [1.54, 1.807) is 37.2 Å². The summed E-state index contributed by atoms with van der Waals surface area (Å²) in [7, 11) is 1.70. The first-order chi connectivity index (χ1) is 23.3. The van der Waals surface area contributed by atoms with Crippen LogP contribution in [0, 0.1) is 5.92 Å². The highest BCUT2D eigenvalue weighted by Crippen LogP contribution is 2.27. The molecule has 2 aromatic carbocycles. The van der Waals surface area contributed by atoms with Crippen LogP contribution in [0.2, 0.25) is 0 Å². The molecule has 11 heteroatoms. The van der Waals surface area contributed by atoms with Gasteiger partial charge in [0.15, 0.2) is 0 Å². The summed E-state index contributed by atoms with van der Waals surface area (Å²) in [6, 6.07) is 18.8.